The van der Waals surface area contributed by atoms with Gasteiger partial charge >= 0.3 is 5.97 Å². The summed E-state index contributed by atoms with van der Waals surface area (Å²) in [5.41, 5.74) is 4.43. The number of rotatable bonds is 5. The van der Waals surface area contributed by atoms with Crippen LogP contribution in [0.15, 0.2) is 40.0 Å². The summed E-state index contributed by atoms with van der Waals surface area (Å²) in [6, 6.07) is 9.43. The highest BCUT2D eigenvalue weighted by Gasteiger charge is 2.20. The van der Waals surface area contributed by atoms with Gasteiger partial charge in [-0.2, -0.15) is 5.10 Å². The number of hydrogen-bond donors (Lipinski definition) is 1. The fourth-order valence-corrected chi connectivity index (χ4v) is 1.61. The second-order valence-electron chi connectivity index (χ2n) is 3.96. The van der Waals surface area contributed by atoms with Crippen LogP contribution in [0.3, 0.4) is 0 Å². The molecular weight excluding hydrogens is 258 g/mol. The molecule has 0 spiro atoms. The quantitative estimate of drug-likeness (QED) is 0.514. The lowest BCUT2D eigenvalue weighted by Crippen LogP contribution is -2.08. The second kappa shape index (κ2) is 6.51. The first kappa shape index (κ1) is 13.8. The summed E-state index contributed by atoms with van der Waals surface area (Å²) >= 11 is 0. The van der Waals surface area contributed by atoms with Crippen molar-refractivity contribution in [2.45, 2.75) is 13.8 Å². The van der Waals surface area contributed by atoms with Gasteiger partial charge in [-0.3, -0.25) is 5.43 Å². The molecule has 20 heavy (non-hydrogen) atoms. The fraction of sp³-hybridized carbons (Fsp3) is 0.214. The average molecular weight is 273 g/mol. The zero-order chi connectivity index (χ0) is 14.4. The number of nitrogens with zero attached hydrogens (tertiary/aromatic N) is 2. The minimum absolute atomic E-state index is 0.268. The Morgan fingerprint density at radius 1 is 1.45 bits per heavy atom. The molecule has 0 bridgehead atoms. The van der Waals surface area contributed by atoms with Gasteiger partial charge in [0.1, 0.15) is 5.56 Å². The number of hydrogen-bond acceptors (Lipinski definition) is 6. The molecule has 6 nitrogen and oxygen atoms in total. The molecule has 0 radical (unpaired) electrons. The molecule has 0 fully saturated rings. The van der Waals surface area contributed by atoms with Gasteiger partial charge in [0, 0.05) is 0 Å². The molecule has 0 aliphatic rings. The number of anilines is 1. The number of ether oxygens (including phenoxy) is 1. The first-order valence-electron chi connectivity index (χ1n) is 6.20. The van der Waals surface area contributed by atoms with Crippen molar-refractivity contribution in [3.63, 3.8) is 0 Å². The number of nitrogens with one attached hydrogen (secondary N) is 1. The molecule has 104 valence electrons. The van der Waals surface area contributed by atoms with Gasteiger partial charge in [-0.1, -0.05) is 23.4 Å². The van der Waals surface area contributed by atoms with Crippen molar-refractivity contribution in [1.29, 1.82) is 0 Å². The number of esters is 1. The molecule has 2 aromatic rings. The third-order valence-electron chi connectivity index (χ3n) is 2.52. The monoisotopic (exact) mass is 273 g/mol. The first-order valence-corrected chi connectivity index (χ1v) is 6.20. The van der Waals surface area contributed by atoms with Crippen LogP contribution >= 0.6 is 0 Å². The van der Waals surface area contributed by atoms with E-state index >= 15 is 0 Å². The largest absolute Gasteiger partial charge is 0.462 e. The lowest BCUT2D eigenvalue weighted by Gasteiger charge is -2.00. The lowest BCUT2D eigenvalue weighted by atomic mass is 10.2. The molecule has 0 aliphatic heterocycles. The van der Waals surface area contributed by atoms with Crippen LogP contribution in [-0.4, -0.2) is 23.9 Å². The topological polar surface area (TPSA) is 76.7 Å². The van der Waals surface area contributed by atoms with Crippen molar-refractivity contribution < 1.29 is 14.1 Å². The van der Waals surface area contributed by atoms with Crippen molar-refractivity contribution in [2.24, 2.45) is 5.10 Å². The Morgan fingerprint density at radius 2 is 2.20 bits per heavy atom. The molecule has 1 N–H and O–H groups in total. The second-order valence-corrected chi connectivity index (χ2v) is 3.96. The Kier molecular flexibility index (Phi) is 4.49. The summed E-state index contributed by atoms with van der Waals surface area (Å²) in [5, 5.41) is 7.76. The Morgan fingerprint density at radius 3 is 2.90 bits per heavy atom. The average Bonchev–Trinajstić information content (AvgIpc) is 2.81. The number of aromatic nitrogens is 1. The SMILES string of the molecule is CCOC(=O)c1c(C)noc1/C=N/Nc1ccccc1. The van der Waals surface area contributed by atoms with E-state index in [1.807, 2.05) is 30.3 Å². The summed E-state index contributed by atoms with van der Waals surface area (Å²) in [6.07, 6.45) is 1.40. The van der Waals surface area contributed by atoms with E-state index in [0.29, 0.717) is 17.9 Å². The van der Waals surface area contributed by atoms with Gasteiger partial charge in [-0.25, -0.2) is 4.79 Å². The van der Waals surface area contributed by atoms with E-state index in [9.17, 15) is 4.79 Å². The third kappa shape index (κ3) is 3.23. The predicted octanol–water partition coefficient (Wildman–Crippen LogP) is 2.61. The minimum Gasteiger partial charge on any atom is -0.462 e. The lowest BCUT2D eigenvalue weighted by molar-refractivity contribution is 0.0524. The minimum atomic E-state index is -0.465. The van der Waals surface area contributed by atoms with Crippen LogP contribution in [0.25, 0.3) is 0 Å². The summed E-state index contributed by atoms with van der Waals surface area (Å²) in [5.74, 6) is -0.197. The molecule has 0 saturated heterocycles. The van der Waals surface area contributed by atoms with Gasteiger partial charge in [0.25, 0.3) is 0 Å². The Balaban J connectivity index is 2.12. The summed E-state index contributed by atoms with van der Waals surface area (Å²) in [4.78, 5) is 11.8. The van der Waals surface area contributed by atoms with Crippen LogP contribution < -0.4 is 5.43 Å². The molecule has 0 aliphatic carbocycles. The number of para-hydroxylation sites is 1. The summed E-state index contributed by atoms with van der Waals surface area (Å²) < 4.78 is 10.0. The third-order valence-corrected chi connectivity index (χ3v) is 2.52. The van der Waals surface area contributed by atoms with Crippen LogP contribution in [0.1, 0.15) is 28.7 Å². The van der Waals surface area contributed by atoms with E-state index in [1.54, 1.807) is 13.8 Å². The van der Waals surface area contributed by atoms with E-state index < -0.39 is 5.97 Å². The Hall–Kier alpha value is -2.63. The predicted molar refractivity (Wildman–Crippen MR) is 74.9 cm³/mol. The van der Waals surface area contributed by atoms with E-state index in [1.165, 1.54) is 6.21 Å². The summed E-state index contributed by atoms with van der Waals surface area (Å²) in [7, 11) is 0. The molecule has 0 unspecified atom stereocenters. The number of aryl methyl sites for hydroxylation is 1. The molecule has 0 amide bonds. The van der Waals surface area contributed by atoms with Crippen molar-refractivity contribution in [3.8, 4) is 0 Å². The Labute approximate surface area is 116 Å². The van der Waals surface area contributed by atoms with Crippen LogP contribution in [0, 0.1) is 6.92 Å². The van der Waals surface area contributed by atoms with Crippen LogP contribution in [-0.2, 0) is 4.74 Å². The molecule has 1 aromatic carbocycles. The molecule has 0 saturated carbocycles. The van der Waals surface area contributed by atoms with E-state index in [4.69, 9.17) is 9.26 Å². The number of benzene rings is 1. The smallest absolute Gasteiger partial charge is 0.344 e. The fourth-order valence-electron chi connectivity index (χ4n) is 1.61. The number of carbonyl (C=O) groups is 1. The van der Waals surface area contributed by atoms with E-state index in [-0.39, 0.29) is 5.76 Å². The van der Waals surface area contributed by atoms with Crippen LogP contribution in [0.4, 0.5) is 5.69 Å². The van der Waals surface area contributed by atoms with Gasteiger partial charge in [0.15, 0.2) is 5.76 Å². The molecule has 0 atom stereocenters. The molecule has 2 rings (SSSR count). The van der Waals surface area contributed by atoms with E-state index in [0.717, 1.165) is 5.69 Å². The van der Waals surface area contributed by atoms with Gasteiger partial charge in [0.05, 0.1) is 24.2 Å². The normalized spacial score (nSPS) is 10.7. The zero-order valence-electron chi connectivity index (χ0n) is 11.3. The number of carbonyl (C=O) groups excluding carboxylic acids is 1. The molecule has 1 aromatic heterocycles. The van der Waals surface area contributed by atoms with Crippen molar-refractivity contribution in [1.82, 2.24) is 5.16 Å². The van der Waals surface area contributed by atoms with Crippen LogP contribution in [0.2, 0.25) is 0 Å². The maximum atomic E-state index is 11.8. The highest BCUT2D eigenvalue weighted by atomic mass is 16.5. The van der Waals surface area contributed by atoms with Gasteiger partial charge in [-0.15, -0.1) is 0 Å². The highest BCUT2D eigenvalue weighted by molar-refractivity contribution is 5.98. The van der Waals surface area contributed by atoms with E-state index in [2.05, 4.69) is 15.7 Å². The molecular formula is C14H15N3O3. The van der Waals surface area contributed by atoms with Crippen LogP contribution in [0.5, 0.6) is 0 Å². The molecule has 1 heterocycles. The zero-order valence-corrected chi connectivity index (χ0v) is 11.3. The molecule has 6 heteroatoms. The van der Waals surface area contributed by atoms with Gasteiger partial charge in [-0.05, 0) is 26.0 Å². The highest BCUT2D eigenvalue weighted by Crippen LogP contribution is 2.13. The van der Waals surface area contributed by atoms with Crippen molar-refractivity contribution >= 4 is 17.9 Å². The van der Waals surface area contributed by atoms with Crippen molar-refractivity contribution in [3.05, 3.63) is 47.3 Å². The Bertz CT molecular complexity index is 605. The first-order chi connectivity index (χ1) is 9.72. The number of hydrazone groups is 1. The van der Waals surface area contributed by atoms with Gasteiger partial charge in [0.2, 0.25) is 0 Å². The maximum Gasteiger partial charge on any atom is 0.344 e. The maximum absolute atomic E-state index is 11.8. The summed E-state index contributed by atoms with van der Waals surface area (Å²) in [6.45, 7) is 3.71. The van der Waals surface area contributed by atoms with Gasteiger partial charge < -0.3 is 9.26 Å². The van der Waals surface area contributed by atoms with Crippen molar-refractivity contribution in [2.75, 3.05) is 12.0 Å². The standard InChI is InChI=1S/C14H15N3O3/c1-3-19-14(18)13-10(2)17-20-12(13)9-15-16-11-7-5-4-6-8-11/h4-9,16H,3H2,1-2H3/b15-9+.